The summed E-state index contributed by atoms with van der Waals surface area (Å²) in [6.07, 6.45) is 1.82. The van der Waals surface area contributed by atoms with E-state index in [0.717, 1.165) is 23.8 Å². The molecule has 1 aliphatic heterocycles. The van der Waals surface area contributed by atoms with Crippen LogP contribution in [-0.4, -0.2) is 23.3 Å². The first kappa shape index (κ1) is 18.8. The summed E-state index contributed by atoms with van der Waals surface area (Å²) in [4.78, 5) is 30.3. The lowest BCUT2D eigenvalue weighted by Gasteiger charge is -2.17. The van der Waals surface area contributed by atoms with E-state index in [1.807, 2.05) is 30.3 Å². The van der Waals surface area contributed by atoms with Crippen LogP contribution in [0.1, 0.15) is 12.3 Å². The van der Waals surface area contributed by atoms with E-state index in [-0.39, 0.29) is 25.2 Å². The number of nitrogens with zero attached hydrogens (tertiary/aromatic N) is 2. The summed E-state index contributed by atoms with van der Waals surface area (Å²) >= 11 is 0. The van der Waals surface area contributed by atoms with Gasteiger partial charge >= 0.3 is 0 Å². The third-order valence-corrected chi connectivity index (χ3v) is 4.71. The van der Waals surface area contributed by atoms with Gasteiger partial charge in [-0.1, -0.05) is 30.3 Å². The summed E-state index contributed by atoms with van der Waals surface area (Å²) in [5, 5.41) is 2.64. The third-order valence-electron chi connectivity index (χ3n) is 4.71. The molecule has 2 amide bonds. The first-order chi connectivity index (χ1) is 14.0. The molecule has 1 fully saturated rings. The predicted octanol–water partition coefficient (Wildman–Crippen LogP) is 3.29. The van der Waals surface area contributed by atoms with Gasteiger partial charge in [0.05, 0.1) is 12.7 Å². The van der Waals surface area contributed by atoms with Crippen LogP contribution in [0, 0.1) is 17.6 Å². The van der Waals surface area contributed by atoms with Gasteiger partial charge in [0.25, 0.3) is 0 Å². The van der Waals surface area contributed by atoms with Crippen LogP contribution in [0.3, 0.4) is 0 Å². The van der Waals surface area contributed by atoms with Crippen LogP contribution in [0.15, 0.2) is 59.1 Å². The second-order valence-electron chi connectivity index (χ2n) is 6.66. The molecule has 0 radical (unpaired) electrons. The number of hydrogen-bond donors (Lipinski definition) is 1. The topological polar surface area (TPSA) is 75.4 Å². The lowest BCUT2D eigenvalue weighted by Crippen LogP contribution is -2.36. The van der Waals surface area contributed by atoms with Gasteiger partial charge in [-0.25, -0.2) is 13.8 Å². The molecule has 1 N–H and O–H groups in total. The molecule has 2 aromatic carbocycles. The van der Waals surface area contributed by atoms with E-state index in [4.69, 9.17) is 4.42 Å². The van der Waals surface area contributed by atoms with Crippen LogP contribution in [0.5, 0.6) is 0 Å². The first-order valence-electron chi connectivity index (χ1n) is 9.06. The second-order valence-corrected chi connectivity index (χ2v) is 6.66. The van der Waals surface area contributed by atoms with Crippen molar-refractivity contribution in [2.24, 2.45) is 5.92 Å². The van der Waals surface area contributed by atoms with Crippen molar-refractivity contribution in [2.75, 3.05) is 11.4 Å². The number of rotatable bonds is 5. The summed E-state index contributed by atoms with van der Waals surface area (Å²) in [7, 11) is 0. The van der Waals surface area contributed by atoms with E-state index < -0.39 is 29.4 Å². The molecule has 3 aromatic rings. The van der Waals surface area contributed by atoms with E-state index in [9.17, 15) is 18.4 Å². The molecule has 6 nitrogen and oxygen atoms in total. The highest BCUT2D eigenvalue weighted by atomic mass is 19.1. The quantitative estimate of drug-likeness (QED) is 0.671. The second kappa shape index (κ2) is 7.83. The number of carbonyl (C=O) groups excluding carboxylic acids is 2. The summed E-state index contributed by atoms with van der Waals surface area (Å²) in [5.41, 5.74) is 0.963. The maximum atomic E-state index is 13.4. The van der Waals surface area contributed by atoms with E-state index in [2.05, 4.69) is 10.3 Å². The van der Waals surface area contributed by atoms with Crippen LogP contribution < -0.4 is 10.2 Å². The van der Waals surface area contributed by atoms with E-state index in [0.29, 0.717) is 11.7 Å². The Morgan fingerprint density at radius 2 is 1.90 bits per heavy atom. The molecule has 29 heavy (non-hydrogen) atoms. The van der Waals surface area contributed by atoms with E-state index in [1.165, 1.54) is 4.90 Å². The van der Waals surface area contributed by atoms with Crippen molar-refractivity contribution in [1.29, 1.82) is 0 Å². The molecular weight excluding hydrogens is 380 g/mol. The van der Waals surface area contributed by atoms with Crippen LogP contribution in [0.4, 0.5) is 14.5 Å². The first-order valence-corrected chi connectivity index (χ1v) is 9.06. The number of nitrogens with one attached hydrogen (secondary N) is 1. The largest absolute Gasteiger partial charge is 0.439 e. The minimum absolute atomic E-state index is 0.0318. The number of anilines is 1. The number of hydrogen-bond acceptors (Lipinski definition) is 4. The average molecular weight is 397 g/mol. The van der Waals surface area contributed by atoms with Crippen molar-refractivity contribution >= 4 is 17.5 Å². The number of halogens is 2. The van der Waals surface area contributed by atoms with Crippen molar-refractivity contribution in [3.05, 3.63) is 72.3 Å². The van der Waals surface area contributed by atoms with Crippen molar-refractivity contribution in [1.82, 2.24) is 10.3 Å². The maximum Gasteiger partial charge on any atom is 0.239 e. The summed E-state index contributed by atoms with van der Waals surface area (Å²) in [6.45, 7) is 0.237. The third kappa shape index (κ3) is 4.01. The van der Waals surface area contributed by atoms with Crippen molar-refractivity contribution < 1.29 is 22.8 Å². The van der Waals surface area contributed by atoms with Gasteiger partial charge in [-0.2, -0.15) is 0 Å². The van der Waals surface area contributed by atoms with Crippen molar-refractivity contribution in [3.8, 4) is 11.3 Å². The Morgan fingerprint density at radius 1 is 1.17 bits per heavy atom. The fourth-order valence-corrected chi connectivity index (χ4v) is 3.29. The van der Waals surface area contributed by atoms with Gasteiger partial charge in [0, 0.05) is 23.9 Å². The normalized spacial score (nSPS) is 16.3. The van der Waals surface area contributed by atoms with Crippen molar-refractivity contribution in [3.63, 3.8) is 0 Å². The molecule has 0 saturated carbocycles. The van der Waals surface area contributed by atoms with Gasteiger partial charge in [0.2, 0.25) is 17.7 Å². The molecule has 8 heteroatoms. The number of benzene rings is 2. The van der Waals surface area contributed by atoms with Crippen LogP contribution in [0.25, 0.3) is 11.3 Å². The van der Waals surface area contributed by atoms with E-state index >= 15 is 0 Å². The van der Waals surface area contributed by atoms with E-state index in [1.54, 1.807) is 6.20 Å². The highest BCUT2D eigenvalue weighted by Gasteiger charge is 2.37. The monoisotopic (exact) mass is 397 g/mol. The molecule has 0 aliphatic carbocycles. The number of amides is 2. The van der Waals surface area contributed by atoms with Gasteiger partial charge in [-0.05, 0) is 18.6 Å². The summed E-state index contributed by atoms with van der Waals surface area (Å²) < 4.78 is 32.5. The number of oxazole rings is 1. The van der Waals surface area contributed by atoms with Gasteiger partial charge < -0.3 is 14.6 Å². The smallest absolute Gasteiger partial charge is 0.239 e. The highest BCUT2D eigenvalue weighted by molar-refractivity contribution is 6.09. The zero-order valence-corrected chi connectivity index (χ0v) is 15.3. The summed E-state index contributed by atoms with van der Waals surface area (Å²) in [5.74, 6) is -2.57. The minimum atomic E-state index is -0.926. The Bertz CT molecular complexity index is 1030. The van der Waals surface area contributed by atoms with Gasteiger partial charge in [0.1, 0.15) is 17.6 Å². The zero-order valence-electron chi connectivity index (χ0n) is 15.3. The highest BCUT2D eigenvalue weighted by Crippen LogP contribution is 2.27. The molecule has 1 atom stereocenters. The predicted molar refractivity (Wildman–Crippen MR) is 101 cm³/mol. The lowest BCUT2D eigenvalue weighted by atomic mass is 10.1. The van der Waals surface area contributed by atoms with Crippen LogP contribution in [-0.2, 0) is 16.1 Å². The van der Waals surface area contributed by atoms with Crippen LogP contribution in [0.2, 0.25) is 0 Å². The molecule has 148 valence electrons. The number of carbonyl (C=O) groups is 2. The molecule has 0 spiro atoms. The van der Waals surface area contributed by atoms with Gasteiger partial charge in [0.15, 0.2) is 5.76 Å². The Hall–Kier alpha value is -3.55. The fourth-order valence-electron chi connectivity index (χ4n) is 3.29. The molecule has 1 saturated heterocycles. The van der Waals surface area contributed by atoms with Crippen molar-refractivity contribution in [2.45, 2.75) is 13.0 Å². The standard InChI is InChI=1S/C21H17F2N3O3/c22-14-8-15(23)10-16(9-14)26-7-6-17(21(26)28)20(27)25-12-19-24-11-18(29-19)13-4-2-1-3-5-13/h1-5,8-11,17H,6-7,12H2,(H,25,27). The maximum absolute atomic E-state index is 13.4. The molecule has 0 bridgehead atoms. The summed E-state index contributed by atoms with van der Waals surface area (Å²) in [6, 6.07) is 12.3. The SMILES string of the molecule is O=C(NCc1ncc(-c2ccccc2)o1)C1CCN(c2cc(F)cc(F)c2)C1=O. The number of aromatic nitrogens is 1. The molecule has 4 rings (SSSR count). The average Bonchev–Trinajstić information content (AvgIpc) is 3.33. The Labute approximate surface area is 165 Å². The molecule has 1 unspecified atom stereocenters. The zero-order chi connectivity index (χ0) is 20.4. The van der Waals surface area contributed by atoms with Gasteiger partial charge in [-0.15, -0.1) is 0 Å². The van der Waals surface area contributed by atoms with Crippen LogP contribution >= 0.6 is 0 Å². The molecule has 2 heterocycles. The molecule has 1 aromatic heterocycles. The van der Waals surface area contributed by atoms with Gasteiger partial charge in [-0.3, -0.25) is 9.59 Å². The Kier molecular flexibility index (Phi) is 5.07. The lowest BCUT2D eigenvalue weighted by molar-refractivity contribution is -0.132. The molecule has 1 aliphatic rings. The Morgan fingerprint density at radius 3 is 2.62 bits per heavy atom. The fraction of sp³-hybridized carbons (Fsp3) is 0.190. The minimum Gasteiger partial charge on any atom is -0.439 e. The Balaban J connectivity index is 1.38. The molecular formula is C21H17F2N3O3.